The van der Waals surface area contributed by atoms with Crippen LogP contribution in [0.3, 0.4) is 0 Å². The average Bonchev–Trinajstić information content (AvgIpc) is 1.65. The second-order valence-electron chi connectivity index (χ2n) is 1.77. The van der Waals surface area contributed by atoms with Crippen LogP contribution in [0.1, 0.15) is 20.3 Å². The van der Waals surface area contributed by atoms with Crippen molar-refractivity contribution >= 4 is 0 Å². The Balaban J connectivity index is 3.34. The number of aliphatic hydroxyl groups excluding tert-OH is 1. The van der Waals surface area contributed by atoms with Gasteiger partial charge < -0.3 is 5.11 Å². The van der Waals surface area contributed by atoms with E-state index in [-0.39, 0.29) is 6.10 Å². The fourth-order valence-corrected chi connectivity index (χ4v) is 0.348. The highest BCUT2D eigenvalue weighted by Crippen LogP contribution is 1.99. The van der Waals surface area contributed by atoms with Gasteiger partial charge in [-0.15, -0.1) is 0 Å². The number of hydrogen-bond donors (Lipinski definition) is 1. The monoisotopic (exact) mass is 100 g/mol. The molecule has 1 atom stereocenters. The Morgan fingerprint density at radius 2 is 2.29 bits per heavy atom. The normalized spacial score (nSPS) is 13.6. The summed E-state index contributed by atoms with van der Waals surface area (Å²) in [5.74, 6) is 0. The third-order valence-electron chi connectivity index (χ3n) is 0.956. The molecular weight excluding hydrogens is 88.1 g/mol. The molecule has 0 aliphatic heterocycles. The second-order valence-corrected chi connectivity index (χ2v) is 1.77. The molecule has 1 nitrogen and oxygen atoms in total. The fraction of sp³-hybridized carbons (Fsp3) is 0.667. The zero-order valence-electron chi connectivity index (χ0n) is 4.94. The second kappa shape index (κ2) is 2.80. The van der Waals surface area contributed by atoms with E-state index in [1.54, 1.807) is 0 Å². The highest BCUT2D eigenvalue weighted by Gasteiger charge is 1.96. The van der Waals surface area contributed by atoms with Crippen LogP contribution in [0.2, 0.25) is 0 Å². The maximum atomic E-state index is 8.84. The molecule has 0 radical (unpaired) electrons. The lowest BCUT2D eigenvalue weighted by Crippen LogP contribution is -2.03. The van der Waals surface area contributed by atoms with Crippen LogP contribution in [0.15, 0.2) is 12.2 Å². The highest BCUT2D eigenvalue weighted by molar-refractivity contribution is 4.95. The van der Waals surface area contributed by atoms with E-state index in [1.807, 2.05) is 13.8 Å². The molecule has 1 unspecified atom stereocenters. The van der Waals surface area contributed by atoms with Gasteiger partial charge in [-0.2, -0.15) is 0 Å². The molecule has 0 saturated heterocycles. The maximum Gasteiger partial charge on any atom is 0.0742 e. The standard InChI is InChI=1S/C6H12O/c1-4-6(7)5(2)3/h6-7H,2,4H2,1,3H3. The van der Waals surface area contributed by atoms with Gasteiger partial charge in [0.2, 0.25) is 0 Å². The maximum absolute atomic E-state index is 8.84. The lowest BCUT2D eigenvalue weighted by Gasteiger charge is -2.03. The lowest BCUT2D eigenvalue weighted by atomic mass is 10.1. The number of aliphatic hydroxyl groups is 1. The van der Waals surface area contributed by atoms with Crippen molar-refractivity contribution in [2.24, 2.45) is 0 Å². The van der Waals surface area contributed by atoms with Crippen LogP contribution in [0, 0.1) is 0 Å². The fourth-order valence-electron chi connectivity index (χ4n) is 0.348. The Morgan fingerprint density at radius 1 is 1.86 bits per heavy atom. The van der Waals surface area contributed by atoms with Crippen LogP contribution in [0.25, 0.3) is 0 Å². The van der Waals surface area contributed by atoms with E-state index >= 15 is 0 Å². The van der Waals surface area contributed by atoms with E-state index < -0.39 is 0 Å². The molecular formula is C6H12O. The molecule has 1 N–H and O–H groups in total. The molecule has 0 bridgehead atoms. The first-order valence-corrected chi connectivity index (χ1v) is 2.52. The molecule has 0 amide bonds. The van der Waals surface area contributed by atoms with Crippen molar-refractivity contribution in [2.45, 2.75) is 26.4 Å². The smallest absolute Gasteiger partial charge is 0.0742 e. The van der Waals surface area contributed by atoms with Gasteiger partial charge in [0.05, 0.1) is 6.10 Å². The molecule has 0 aromatic carbocycles. The third-order valence-corrected chi connectivity index (χ3v) is 0.956. The quantitative estimate of drug-likeness (QED) is 0.519. The molecule has 0 aromatic heterocycles. The van der Waals surface area contributed by atoms with Gasteiger partial charge in [-0.1, -0.05) is 19.1 Å². The average molecular weight is 100 g/mol. The molecule has 7 heavy (non-hydrogen) atoms. The van der Waals surface area contributed by atoms with Gasteiger partial charge in [-0.05, 0) is 13.3 Å². The van der Waals surface area contributed by atoms with Crippen LogP contribution in [0.4, 0.5) is 0 Å². The summed E-state index contributed by atoms with van der Waals surface area (Å²) in [5, 5.41) is 8.84. The Bertz CT molecular complexity index is 66.6. The molecule has 0 aromatic rings. The zero-order chi connectivity index (χ0) is 5.86. The molecule has 42 valence electrons. The topological polar surface area (TPSA) is 20.2 Å². The van der Waals surface area contributed by atoms with Gasteiger partial charge in [-0.25, -0.2) is 0 Å². The minimum absolute atomic E-state index is 0.292. The molecule has 0 rings (SSSR count). The Kier molecular flexibility index (Phi) is 2.68. The summed E-state index contributed by atoms with van der Waals surface area (Å²) in [6.07, 6.45) is 0.481. The molecule has 0 fully saturated rings. The van der Waals surface area contributed by atoms with E-state index in [0.29, 0.717) is 0 Å². The van der Waals surface area contributed by atoms with E-state index in [9.17, 15) is 0 Å². The van der Waals surface area contributed by atoms with E-state index in [0.717, 1.165) is 12.0 Å². The first-order chi connectivity index (χ1) is 3.18. The molecule has 1 heteroatoms. The minimum Gasteiger partial charge on any atom is -0.389 e. The summed E-state index contributed by atoms with van der Waals surface area (Å²) in [5.41, 5.74) is 0.850. The van der Waals surface area contributed by atoms with Gasteiger partial charge in [-0.3, -0.25) is 0 Å². The Labute approximate surface area is 44.7 Å². The van der Waals surface area contributed by atoms with Crippen molar-refractivity contribution in [1.29, 1.82) is 0 Å². The molecule has 0 heterocycles. The summed E-state index contributed by atoms with van der Waals surface area (Å²) < 4.78 is 0. The van der Waals surface area contributed by atoms with Crippen LogP contribution in [-0.4, -0.2) is 11.2 Å². The molecule has 0 spiro atoms. The van der Waals surface area contributed by atoms with Crippen molar-refractivity contribution in [3.8, 4) is 0 Å². The number of hydrogen-bond acceptors (Lipinski definition) is 1. The summed E-state index contributed by atoms with van der Waals surface area (Å²) in [6.45, 7) is 7.33. The van der Waals surface area contributed by atoms with Gasteiger partial charge in [0.1, 0.15) is 0 Å². The molecule has 0 saturated carbocycles. The largest absolute Gasteiger partial charge is 0.389 e. The van der Waals surface area contributed by atoms with Crippen molar-refractivity contribution in [3.63, 3.8) is 0 Å². The summed E-state index contributed by atoms with van der Waals surface area (Å²) >= 11 is 0. The van der Waals surface area contributed by atoms with Gasteiger partial charge in [0, 0.05) is 0 Å². The van der Waals surface area contributed by atoms with Crippen molar-refractivity contribution in [1.82, 2.24) is 0 Å². The molecule has 0 aliphatic carbocycles. The van der Waals surface area contributed by atoms with Crippen LogP contribution < -0.4 is 0 Å². The van der Waals surface area contributed by atoms with Crippen molar-refractivity contribution < 1.29 is 5.11 Å². The first-order valence-electron chi connectivity index (χ1n) is 2.52. The molecule has 0 aliphatic rings. The first kappa shape index (κ1) is 6.70. The zero-order valence-corrected chi connectivity index (χ0v) is 4.94. The summed E-state index contributed by atoms with van der Waals surface area (Å²) in [6, 6.07) is 0. The van der Waals surface area contributed by atoms with Gasteiger partial charge >= 0.3 is 0 Å². The Hall–Kier alpha value is -0.300. The predicted octanol–water partition coefficient (Wildman–Crippen LogP) is 1.33. The van der Waals surface area contributed by atoms with Crippen molar-refractivity contribution in [2.75, 3.05) is 0 Å². The van der Waals surface area contributed by atoms with Crippen LogP contribution in [-0.2, 0) is 0 Å². The highest BCUT2D eigenvalue weighted by atomic mass is 16.3. The van der Waals surface area contributed by atoms with Crippen LogP contribution in [0.5, 0.6) is 0 Å². The lowest BCUT2D eigenvalue weighted by molar-refractivity contribution is 0.207. The summed E-state index contributed by atoms with van der Waals surface area (Å²) in [4.78, 5) is 0. The van der Waals surface area contributed by atoms with E-state index in [4.69, 9.17) is 5.11 Å². The van der Waals surface area contributed by atoms with Crippen molar-refractivity contribution in [3.05, 3.63) is 12.2 Å². The summed E-state index contributed by atoms with van der Waals surface area (Å²) in [7, 11) is 0. The Morgan fingerprint density at radius 3 is 2.29 bits per heavy atom. The van der Waals surface area contributed by atoms with E-state index in [1.165, 1.54) is 0 Å². The predicted molar refractivity (Wildman–Crippen MR) is 31.1 cm³/mol. The number of rotatable bonds is 2. The minimum atomic E-state index is -0.292. The van der Waals surface area contributed by atoms with Gasteiger partial charge in [0.25, 0.3) is 0 Å². The van der Waals surface area contributed by atoms with Gasteiger partial charge in [0.15, 0.2) is 0 Å². The van der Waals surface area contributed by atoms with E-state index in [2.05, 4.69) is 6.58 Å². The van der Waals surface area contributed by atoms with Crippen LogP contribution >= 0.6 is 0 Å². The third kappa shape index (κ3) is 2.40. The SMILES string of the molecule is C=C(C)C(O)CC.